The molecule has 1 atom stereocenters. The van der Waals surface area contributed by atoms with Gasteiger partial charge < -0.3 is 18.8 Å². The molecule has 1 amide bonds. The van der Waals surface area contributed by atoms with E-state index in [1.54, 1.807) is 50.2 Å². The molecule has 4 rings (SSSR count). The van der Waals surface area contributed by atoms with Crippen molar-refractivity contribution in [3.8, 4) is 5.75 Å². The van der Waals surface area contributed by atoms with Gasteiger partial charge in [0.15, 0.2) is 17.3 Å². The van der Waals surface area contributed by atoms with E-state index in [0.717, 1.165) is 0 Å². The Balaban J connectivity index is 1.88. The summed E-state index contributed by atoms with van der Waals surface area (Å²) >= 11 is 0. The highest BCUT2D eigenvalue weighted by molar-refractivity contribution is 6.19. The maximum Gasteiger partial charge on any atom is 0.295 e. The zero-order valence-electron chi connectivity index (χ0n) is 16.0. The third kappa shape index (κ3) is 3.08. The summed E-state index contributed by atoms with van der Waals surface area (Å²) in [6.07, 6.45) is 0. The molecule has 8 nitrogen and oxygen atoms in total. The number of nitrogens with zero attached hydrogens (tertiary/aromatic N) is 2. The van der Waals surface area contributed by atoms with Crippen LogP contribution in [0.15, 0.2) is 62.7 Å². The molecule has 1 aliphatic rings. The van der Waals surface area contributed by atoms with Crippen LogP contribution in [-0.4, -0.2) is 29.1 Å². The number of benzene rings is 1. The number of rotatable bonds is 5. The van der Waals surface area contributed by atoms with E-state index in [1.165, 1.54) is 18.1 Å². The van der Waals surface area contributed by atoms with Gasteiger partial charge in [0, 0.05) is 6.07 Å². The van der Waals surface area contributed by atoms with Gasteiger partial charge in [-0.2, -0.15) is 0 Å². The lowest BCUT2D eigenvalue weighted by atomic mass is 9.95. The van der Waals surface area contributed by atoms with Crippen LogP contribution in [0.5, 0.6) is 5.75 Å². The van der Waals surface area contributed by atoms with Gasteiger partial charge in [0.25, 0.3) is 5.91 Å². The van der Waals surface area contributed by atoms with Crippen molar-refractivity contribution in [3.05, 3.63) is 76.6 Å². The van der Waals surface area contributed by atoms with E-state index < -0.39 is 23.5 Å². The Labute approximate surface area is 166 Å². The molecule has 0 bridgehead atoms. The first-order chi connectivity index (χ1) is 13.9. The molecule has 0 spiro atoms. The molecule has 3 heterocycles. The summed E-state index contributed by atoms with van der Waals surface area (Å²) in [6.45, 7) is 3.39. The van der Waals surface area contributed by atoms with Crippen molar-refractivity contribution in [1.82, 2.24) is 5.16 Å². The molecule has 0 radical (unpaired) electrons. The number of aliphatic hydroxyl groups is 1. The van der Waals surface area contributed by atoms with E-state index in [2.05, 4.69) is 5.16 Å². The lowest BCUT2D eigenvalue weighted by Crippen LogP contribution is -2.31. The van der Waals surface area contributed by atoms with Crippen LogP contribution in [-0.2, 0) is 4.79 Å². The Hall–Kier alpha value is -3.81. The Morgan fingerprint density at radius 2 is 1.97 bits per heavy atom. The fourth-order valence-electron chi connectivity index (χ4n) is 3.36. The first kappa shape index (κ1) is 18.5. The summed E-state index contributed by atoms with van der Waals surface area (Å²) in [4.78, 5) is 27.3. The van der Waals surface area contributed by atoms with Crippen molar-refractivity contribution >= 4 is 17.5 Å². The molecule has 148 valence electrons. The second-order valence-electron chi connectivity index (χ2n) is 6.65. The Morgan fingerprint density at radius 1 is 1.17 bits per heavy atom. The van der Waals surface area contributed by atoms with E-state index in [1.807, 2.05) is 0 Å². The molecule has 29 heavy (non-hydrogen) atoms. The second kappa shape index (κ2) is 6.97. The molecule has 1 aromatic carbocycles. The van der Waals surface area contributed by atoms with E-state index >= 15 is 0 Å². The highest BCUT2D eigenvalue weighted by atomic mass is 16.5. The monoisotopic (exact) mass is 394 g/mol. The van der Waals surface area contributed by atoms with Crippen molar-refractivity contribution in [1.29, 1.82) is 0 Å². The zero-order chi connectivity index (χ0) is 20.7. The second-order valence-corrected chi connectivity index (χ2v) is 6.65. The van der Waals surface area contributed by atoms with Gasteiger partial charge in [-0.05, 0) is 43.7 Å². The lowest BCUT2D eigenvalue weighted by Gasteiger charge is -2.24. The number of carbonyl (C=O) groups is 2. The predicted molar refractivity (Wildman–Crippen MR) is 102 cm³/mol. The Bertz CT molecular complexity index is 1140. The number of aliphatic hydroxyl groups excluding tert-OH is 1. The molecule has 0 saturated heterocycles. The summed E-state index contributed by atoms with van der Waals surface area (Å²) in [5.74, 6) is -0.209. The fourth-order valence-corrected chi connectivity index (χ4v) is 3.36. The van der Waals surface area contributed by atoms with Gasteiger partial charge in [-0.15, -0.1) is 0 Å². The Morgan fingerprint density at radius 3 is 2.59 bits per heavy atom. The number of carbonyl (C=O) groups excluding carboxylic acids is 2. The van der Waals surface area contributed by atoms with Crippen molar-refractivity contribution < 1.29 is 28.4 Å². The number of Topliss-reactive ketones (excluding diaryl/α,β-unsaturated/α-hetero) is 1. The smallest absolute Gasteiger partial charge is 0.295 e. The maximum atomic E-state index is 13.2. The number of hydrogen-bond donors (Lipinski definition) is 1. The first-order valence-corrected chi connectivity index (χ1v) is 8.85. The maximum absolute atomic E-state index is 13.2. The number of furan rings is 1. The highest BCUT2D eigenvalue weighted by Crippen LogP contribution is 2.42. The summed E-state index contributed by atoms with van der Waals surface area (Å²) in [5, 5.41) is 14.5. The van der Waals surface area contributed by atoms with E-state index in [-0.39, 0.29) is 17.2 Å². The number of ketones is 1. The Kier molecular flexibility index (Phi) is 4.46. The summed E-state index contributed by atoms with van der Waals surface area (Å²) in [7, 11) is 1.52. The quantitative estimate of drug-likeness (QED) is 0.658. The molecule has 1 aliphatic heterocycles. The predicted octanol–water partition coefficient (Wildman–Crippen LogP) is 3.68. The van der Waals surface area contributed by atoms with Crippen LogP contribution in [0.4, 0.5) is 5.82 Å². The average Bonchev–Trinajstić information content (AvgIpc) is 3.40. The van der Waals surface area contributed by atoms with Crippen molar-refractivity contribution in [2.45, 2.75) is 19.9 Å². The van der Waals surface area contributed by atoms with Crippen LogP contribution in [0, 0.1) is 13.8 Å². The minimum Gasteiger partial charge on any atom is -0.503 e. The summed E-state index contributed by atoms with van der Waals surface area (Å²) in [6, 6.07) is 10.7. The highest BCUT2D eigenvalue weighted by Gasteiger charge is 2.46. The lowest BCUT2D eigenvalue weighted by molar-refractivity contribution is -0.117. The van der Waals surface area contributed by atoms with E-state index in [0.29, 0.717) is 22.8 Å². The van der Waals surface area contributed by atoms with Gasteiger partial charge in [-0.1, -0.05) is 17.3 Å². The number of aryl methyl sites for hydroxylation is 2. The van der Waals surface area contributed by atoms with Gasteiger partial charge in [-0.3, -0.25) is 14.5 Å². The van der Waals surface area contributed by atoms with Crippen LogP contribution in [0.3, 0.4) is 0 Å². The molecule has 0 fully saturated rings. The molecule has 8 heteroatoms. The topological polar surface area (TPSA) is 106 Å². The molecule has 0 aliphatic carbocycles. The number of amides is 1. The molecule has 0 unspecified atom stereocenters. The van der Waals surface area contributed by atoms with Gasteiger partial charge >= 0.3 is 0 Å². The first-order valence-electron chi connectivity index (χ1n) is 8.85. The summed E-state index contributed by atoms with van der Waals surface area (Å²) < 4.78 is 15.8. The van der Waals surface area contributed by atoms with Crippen molar-refractivity contribution in [3.63, 3.8) is 0 Å². The van der Waals surface area contributed by atoms with Crippen molar-refractivity contribution in [2.24, 2.45) is 0 Å². The number of anilines is 1. The largest absolute Gasteiger partial charge is 0.503 e. The standard InChI is InChI=1S/C21H18N2O6/c1-11-7-8-15(28-11)19(24)17-18(13-5-4-6-14(10-13)27-3)23(21(26)20(17)25)16-9-12(2)29-22-16/h4-10,18,25H,1-3H3/t18-/m0/s1. The molecule has 2 aromatic heterocycles. The van der Waals surface area contributed by atoms with Crippen LogP contribution in [0.25, 0.3) is 0 Å². The molecular formula is C21H18N2O6. The van der Waals surface area contributed by atoms with Gasteiger partial charge in [0.05, 0.1) is 18.7 Å². The van der Waals surface area contributed by atoms with Gasteiger partial charge in [0.1, 0.15) is 17.3 Å². The molecule has 3 aromatic rings. The number of hydrogen-bond acceptors (Lipinski definition) is 7. The molecule has 1 N–H and O–H groups in total. The van der Waals surface area contributed by atoms with Crippen LogP contribution < -0.4 is 9.64 Å². The molecular weight excluding hydrogens is 376 g/mol. The third-order valence-electron chi connectivity index (χ3n) is 4.69. The fraction of sp³-hybridized carbons (Fsp3) is 0.190. The zero-order valence-corrected chi connectivity index (χ0v) is 16.0. The SMILES string of the molecule is COc1cccc([C@H]2C(C(=O)c3ccc(C)o3)=C(O)C(=O)N2c2cc(C)on2)c1. The van der Waals surface area contributed by atoms with Crippen LogP contribution >= 0.6 is 0 Å². The van der Waals surface area contributed by atoms with E-state index in [4.69, 9.17) is 13.7 Å². The number of aromatic nitrogens is 1. The summed E-state index contributed by atoms with van der Waals surface area (Å²) in [5.41, 5.74) is 0.465. The minimum absolute atomic E-state index is 0.0305. The van der Waals surface area contributed by atoms with E-state index in [9.17, 15) is 14.7 Å². The van der Waals surface area contributed by atoms with Crippen molar-refractivity contribution in [2.75, 3.05) is 12.0 Å². The van der Waals surface area contributed by atoms with Crippen LogP contribution in [0.1, 0.15) is 33.7 Å². The van der Waals surface area contributed by atoms with Gasteiger partial charge in [-0.25, -0.2) is 0 Å². The number of ether oxygens (including phenoxy) is 1. The van der Waals surface area contributed by atoms with Gasteiger partial charge in [0.2, 0.25) is 5.78 Å². The average molecular weight is 394 g/mol. The van der Waals surface area contributed by atoms with Crippen LogP contribution in [0.2, 0.25) is 0 Å². The molecule has 0 saturated carbocycles. The third-order valence-corrected chi connectivity index (χ3v) is 4.69. The minimum atomic E-state index is -0.931. The number of methoxy groups -OCH3 is 1. The normalized spacial score (nSPS) is 16.6.